The van der Waals surface area contributed by atoms with Gasteiger partial charge in [-0.05, 0) is 47.8 Å². The van der Waals surface area contributed by atoms with Crippen LogP contribution in [0.2, 0.25) is 0 Å². The van der Waals surface area contributed by atoms with Gasteiger partial charge < -0.3 is 5.73 Å². The molecule has 2 heteroatoms. The van der Waals surface area contributed by atoms with Gasteiger partial charge in [0.15, 0.2) is 0 Å². The standard InChI is InChI=1S/C19H24IN/c20-15-7-13-19(14-8-16-21,17-9-3-1-4-10-17)18-11-5-2-6-12-18/h1-6,9-12H,7-8,13-16,21H2. The van der Waals surface area contributed by atoms with Gasteiger partial charge in [0.05, 0.1) is 0 Å². The number of rotatable bonds is 8. The Morgan fingerprint density at radius 2 is 1.24 bits per heavy atom. The minimum Gasteiger partial charge on any atom is -0.330 e. The lowest BCUT2D eigenvalue weighted by atomic mass is 9.68. The second-order valence-corrected chi connectivity index (χ2v) is 6.58. The van der Waals surface area contributed by atoms with Crippen LogP contribution in [-0.2, 0) is 5.41 Å². The summed E-state index contributed by atoms with van der Waals surface area (Å²) in [6.07, 6.45) is 4.60. The number of hydrogen-bond donors (Lipinski definition) is 1. The highest BCUT2D eigenvalue weighted by Gasteiger charge is 2.32. The zero-order chi connectivity index (χ0) is 15.0. The Labute approximate surface area is 142 Å². The highest BCUT2D eigenvalue weighted by Crippen LogP contribution is 2.40. The fourth-order valence-electron chi connectivity index (χ4n) is 3.16. The van der Waals surface area contributed by atoms with Crippen molar-refractivity contribution < 1.29 is 0 Å². The third-order valence-electron chi connectivity index (χ3n) is 4.20. The van der Waals surface area contributed by atoms with Gasteiger partial charge in [0.25, 0.3) is 0 Å². The van der Waals surface area contributed by atoms with Crippen LogP contribution in [0.15, 0.2) is 60.7 Å². The molecule has 0 radical (unpaired) electrons. The van der Waals surface area contributed by atoms with Gasteiger partial charge in [-0.3, -0.25) is 0 Å². The van der Waals surface area contributed by atoms with E-state index in [0.717, 1.165) is 19.4 Å². The molecule has 0 fully saturated rings. The van der Waals surface area contributed by atoms with E-state index in [0.29, 0.717) is 0 Å². The largest absolute Gasteiger partial charge is 0.330 e. The van der Waals surface area contributed by atoms with Crippen molar-refractivity contribution >= 4 is 22.6 Å². The minimum atomic E-state index is 0.104. The number of halogens is 1. The average Bonchev–Trinajstić information content (AvgIpc) is 2.57. The predicted octanol–water partition coefficient (Wildman–Crippen LogP) is 4.93. The first kappa shape index (κ1) is 16.5. The molecule has 1 nitrogen and oxygen atoms in total. The maximum atomic E-state index is 5.82. The molecule has 0 aliphatic heterocycles. The van der Waals surface area contributed by atoms with Crippen LogP contribution < -0.4 is 5.73 Å². The van der Waals surface area contributed by atoms with Gasteiger partial charge in [0.1, 0.15) is 0 Å². The summed E-state index contributed by atoms with van der Waals surface area (Å²) in [6.45, 7) is 0.756. The first-order valence-corrected chi connectivity index (χ1v) is 9.23. The fraction of sp³-hybridized carbons (Fsp3) is 0.368. The van der Waals surface area contributed by atoms with E-state index in [-0.39, 0.29) is 5.41 Å². The average molecular weight is 393 g/mol. The molecule has 2 aromatic rings. The van der Waals surface area contributed by atoms with E-state index < -0.39 is 0 Å². The molecule has 2 aromatic carbocycles. The van der Waals surface area contributed by atoms with Gasteiger partial charge in [-0.2, -0.15) is 0 Å². The molecule has 0 heterocycles. The van der Waals surface area contributed by atoms with Crippen LogP contribution in [0.25, 0.3) is 0 Å². The monoisotopic (exact) mass is 393 g/mol. The van der Waals surface area contributed by atoms with Crippen molar-refractivity contribution in [1.29, 1.82) is 0 Å². The molecule has 0 aliphatic rings. The lowest BCUT2D eigenvalue weighted by Gasteiger charge is -2.35. The van der Waals surface area contributed by atoms with Crippen LogP contribution >= 0.6 is 22.6 Å². The molecule has 0 aliphatic carbocycles. The summed E-state index contributed by atoms with van der Waals surface area (Å²) in [6, 6.07) is 21.9. The van der Waals surface area contributed by atoms with E-state index in [2.05, 4.69) is 83.3 Å². The van der Waals surface area contributed by atoms with E-state index in [1.807, 2.05) is 0 Å². The Hall–Kier alpha value is -0.870. The SMILES string of the molecule is NCCCC(CCCI)(c1ccccc1)c1ccccc1. The Morgan fingerprint density at radius 1 is 0.762 bits per heavy atom. The van der Waals surface area contributed by atoms with E-state index in [1.165, 1.54) is 28.4 Å². The normalized spacial score (nSPS) is 11.5. The van der Waals surface area contributed by atoms with Gasteiger partial charge in [-0.25, -0.2) is 0 Å². The highest BCUT2D eigenvalue weighted by atomic mass is 127. The van der Waals surface area contributed by atoms with Crippen molar-refractivity contribution in [3.63, 3.8) is 0 Å². The quantitative estimate of drug-likeness (QED) is 0.500. The number of benzene rings is 2. The topological polar surface area (TPSA) is 26.0 Å². The third kappa shape index (κ3) is 4.07. The summed E-state index contributed by atoms with van der Waals surface area (Å²) >= 11 is 2.48. The van der Waals surface area contributed by atoms with Gasteiger partial charge >= 0.3 is 0 Å². The summed E-state index contributed by atoms with van der Waals surface area (Å²) < 4.78 is 1.20. The molecule has 0 atom stereocenters. The van der Waals surface area contributed by atoms with Crippen molar-refractivity contribution in [3.8, 4) is 0 Å². The van der Waals surface area contributed by atoms with E-state index >= 15 is 0 Å². The Morgan fingerprint density at radius 3 is 1.67 bits per heavy atom. The molecular weight excluding hydrogens is 369 g/mol. The molecular formula is C19H24IN. The molecule has 0 saturated heterocycles. The Kier molecular flexibility index (Phi) is 6.71. The van der Waals surface area contributed by atoms with Crippen LogP contribution in [0, 0.1) is 0 Å². The molecule has 0 aromatic heterocycles. The minimum absolute atomic E-state index is 0.104. The molecule has 0 saturated carbocycles. The second-order valence-electron chi connectivity index (χ2n) is 5.50. The van der Waals surface area contributed by atoms with Crippen molar-refractivity contribution in [3.05, 3.63) is 71.8 Å². The number of nitrogens with two attached hydrogens (primary N) is 1. The summed E-state index contributed by atoms with van der Waals surface area (Å²) in [5.74, 6) is 0. The first-order valence-electron chi connectivity index (χ1n) is 7.70. The number of alkyl halides is 1. The van der Waals surface area contributed by atoms with E-state index in [9.17, 15) is 0 Å². The first-order chi connectivity index (χ1) is 10.3. The maximum absolute atomic E-state index is 5.82. The molecule has 21 heavy (non-hydrogen) atoms. The molecule has 2 N–H and O–H groups in total. The molecule has 0 unspecified atom stereocenters. The Balaban J connectivity index is 2.48. The van der Waals surface area contributed by atoms with Crippen molar-refractivity contribution in [1.82, 2.24) is 0 Å². The molecule has 0 bridgehead atoms. The highest BCUT2D eigenvalue weighted by molar-refractivity contribution is 14.1. The zero-order valence-electron chi connectivity index (χ0n) is 12.5. The molecule has 0 amide bonds. The van der Waals surface area contributed by atoms with Gasteiger partial charge in [-0.1, -0.05) is 83.3 Å². The van der Waals surface area contributed by atoms with Crippen LogP contribution in [0.5, 0.6) is 0 Å². The second kappa shape index (κ2) is 8.54. The smallest absolute Gasteiger partial charge is 0.0203 e. The van der Waals surface area contributed by atoms with Gasteiger partial charge in [0.2, 0.25) is 0 Å². The van der Waals surface area contributed by atoms with Crippen LogP contribution in [0.1, 0.15) is 36.8 Å². The van der Waals surface area contributed by atoms with Gasteiger partial charge in [0, 0.05) is 5.41 Å². The van der Waals surface area contributed by atoms with Crippen molar-refractivity contribution in [2.75, 3.05) is 11.0 Å². The lowest BCUT2D eigenvalue weighted by molar-refractivity contribution is 0.423. The summed E-state index contributed by atoms with van der Waals surface area (Å²) in [5, 5.41) is 0. The van der Waals surface area contributed by atoms with E-state index in [4.69, 9.17) is 5.73 Å². The van der Waals surface area contributed by atoms with Gasteiger partial charge in [-0.15, -0.1) is 0 Å². The maximum Gasteiger partial charge on any atom is 0.0203 e. The zero-order valence-corrected chi connectivity index (χ0v) is 14.6. The fourth-order valence-corrected chi connectivity index (χ4v) is 3.54. The molecule has 112 valence electrons. The Bertz CT molecular complexity index is 460. The molecule has 2 rings (SSSR count). The van der Waals surface area contributed by atoms with E-state index in [1.54, 1.807) is 0 Å². The van der Waals surface area contributed by atoms with Crippen molar-refractivity contribution in [2.45, 2.75) is 31.1 Å². The summed E-state index contributed by atoms with van der Waals surface area (Å²) in [7, 11) is 0. The molecule has 0 spiro atoms. The summed E-state index contributed by atoms with van der Waals surface area (Å²) in [4.78, 5) is 0. The third-order valence-corrected chi connectivity index (χ3v) is 4.96. The number of hydrogen-bond acceptors (Lipinski definition) is 1. The van der Waals surface area contributed by atoms with Crippen molar-refractivity contribution in [2.24, 2.45) is 5.73 Å². The van der Waals surface area contributed by atoms with Crippen LogP contribution in [0.3, 0.4) is 0 Å². The van der Waals surface area contributed by atoms with Crippen LogP contribution in [0.4, 0.5) is 0 Å². The van der Waals surface area contributed by atoms with Crippen LogP contribution in [-0.4, -0.2) is 11.0 Å². The lowest BCUT2D eigenvalue weighted by Crippen LogP contribution is -2.29. The predicted molar refractivity (Wildman–Crippen MR) is 100 cm³/mol. The summed E-state index contributed by atoms with van der Waals surface area (Å²) in [5.41, 5.74) is 8.77.